The van der Waals surface area contributed by atoms with Gasteiger partial charge in [-0.25, -0.2) is 9.97 Å². The lowest BCUT2D eigenvalue weighted by molar-refractivity contribution is -0.383. The van der Waals surface area contributed by atoms with Gasteiger partial charge in [0.1, 0.15) is 6.33 Å². The maximum atomic E-state index is 11.7. The molecule has 9 heteroatoms. The molecule has 0 spiro atoms. The van der Waals surface area contributed by atoms with E-state index in [2.05, 4.69) is 30.6 Å². The molecule has 0 aliphatic carbocycles. The normalized spacial score (nSPS) is 10.5. The summed E-state index contributed by atoms with van der Waals surface area (Å²) in [5.41, 5.74) is 1.61. The van der Waals surface area contributed by atoms with Crippen molar-refractivity contribution in [2.45, 2.75) is 0 Å². The Morgan fingerprint density at radius 1 is 0.889 bits per heavy atom. The molecule has 0 saturated heterocycles. The predicted molar refractivity (Wildman–Crippen MR) is 101 cm³/mol. The van der Waals surface area contributed by atoms with E-state index in [-0.39, 0.29) is 17.3 Å². The summed E-state index contributed by atoms with van der Waals surface area (Å²) in [6.07, 6.45) is 6.08. The van der Waals surface area contributed by atoms with Gasteiger partial charge in [-0.05, 0) is 24.3 Å². The lowest BCUT2D eigenvalue weighted by Crippen LogP contribution is -2.06. The smallest absolute Gasteiger partial charge is 0.333 e. The van der Waals surface area contributed by atoms with Gasteiger partial charge in [-0.2, -0.15) is 0 Å². The number of para-hydroxylation sites is 1. The summed E-state index contributed by atoms with van der Waals surface area (Å²) in [7, 11) is 0. The molecule has 4 rings (SSSR count). The van der Waals surface area contributed by atoms with E-state index in [0.29, 0.717) is 16.9 Å². The van der Waals surface area contributed by atoms with Crippen LogP contribution in [0.2, 0.25) is 0 Å². The molecule has 4 aromatic rings. The zero-order valence-corrected chi connectivity index (χ0v) is 13.9. The second-order valence-corrected chi connectivity index (χ2v) is 5.55. The summed E-state index contributed by atoms with van der Waals surface area (Å²) in [5.74, 6) is 0.137. The summed E-state index contributed by atoms with van der Waals surface area (Å²) in [6, 6.07) is 12.7. The Hall–Kier alpha value is -4.14. The fourth-order valence-corrected chi connectivity index (χ4v) is 2.64. The number of nitrogens with one attached hydrogen (secondary N) is 2. The van der Waals surface area contributed by atoms with Gasteiger partial charge in [0, 0.05) is 17.8 Å². The number of hydrogen-bond donors (Lipinski definition) is 2. The van der Waals surface area contributed by atoms with Gasteiger partial charge in [0.15, 0.2) is 0 Å². The highest BCUT2D eigenvalue weighted by atomic mass is 16.6. The summed E-state index contributed by atoms with van der Waals surface area (Å²) >= 11 is 0. The number of benzene rings is 1. The Kier molecular flexibility index (Phi) is 4.24. The SMILES string of the molecule is O=[N+]([O-])c1c(Nc2cccnc2)ncnc1Nc1cccc2cccnc12. The molecule has 0 amide bonds. The van der Waals surface area contributed by atoms with Crippen LogP contribution in [-0.2, 0) is 0 Å². The number of aromatic nitrogens is 4. The highest BCUT2D eigenvalue weighted by molar-refractivity contribution is 5.92. The van der Waals surface area contributed by atoms with Gasteiger partial charge in [-0.1, -0.05) is 18.2 Å². The van der Waals surface area contributed by atoms with Crippen LogP contribution in [0.25, 0.3) is 10.9 Å². The average Bonchev–Trinajstić information content (AvgIpc) is 2.69. The van der Waals surface area contributed by atoms with E-state index in [1.165, 1.54) is 6.33 Å². The first-order valence-corrected chi connectivity index (χ1v) is 7.99. The molecule has 9 nitrogen and oxygen atoms in total. The predicted octanol–water partition coefficient (Wildman–Crippen LogP) is 3.82. The van der Waals surface area contributed by atoms with Gasteiger partial charge in [0.05, 0.1) is 28.0 Å². The number of nitrogens with zero attached hydrogens (tertiary/aromatic N) is 5. The summed E-state index contributed by atoms with van der Waals surface area (Å²) in [6.45, 7) is 0. The van der Waals surface area contributed by atoms with Gasteiger partial charge in [0.2, 0.25) is 11.6 Å². The van der Waals surface area contributed by atoms with Crippen molar-refractivity contribution in [3.05, 3.63) is 77.5 Å². The van der Waals surface area contributed by atoms with E-state index in [4.69, 9.17) is 0 Å². The first kappa shape index (κ1) is 16.3. The highest BCUT2D eigenvalue weighted by Crippen LogP contribution is 2.34. The first-order chi connectivity index (χ1) is 13.2. The second-order valence-electron chi connectivity index (χ2n) is 5.55. The van der Waals surface area contributed by atoms with E-state index >= 15 is 0 Å². The zero-order valence-electron chi connectivity index (χ0n) is 13.9. The Morgan fingerprint density at radius 3 is 2.44 bits per heavy atom. The van der Waals surface area contributed by atoms with Crippen molar-refractivity contribution < 1.29 is 4.92 Å². The van der Waals surface area contributed by atoms with Crippen molar-refractivity contribution in [2.75, 3.05) is 10.6 Å². The summed E-state index contributed by atoms with van der Waals surface area (Å²) in [4.78, 5) is 27.6. The number of hydrogen-bond acceptors (Lipinski definition) is 8. The average molecular weight is 359 g/mol. The lowest BCUT2D eigenvalue weighted by atomic mass is 10.2. The molecule has 1 aromatic carbocycles. The van der Waals surface area contributed by atoms with Crippen LogP contribution in [0.5, 0.6) is 0 Å². The fourth-order valence-electron chi connectivity index (χ4n) is 2.64. The number of pyridine rings is 2. The van der Waals surface area contributed by atoms with Crippen molar-refractivity contribution in [2.24, 2.45) is 0 Å². The Labute approximate surface area is 153 Å². The molecule has 2 N–H and O–H groups in total. The van der Waals surface area contributed by atoms with E-state index in [0.717, 1.165) is 5.39 Å². The molecule has 3 heterocycles. The quantitative estimate of drug-likeness (QED) is 0.408. The maximum Gasteiger partial charge on any atom is 0.353 e. The molecule has 0 unspecified atom stereocenters. The molecule has 0 aliphatic rings. The van der Waals surface area contributed by atoms with Gasteiger partial charge in [0.25, 0.3) is 0 Å². The largest absolute Gasteiger partial charge is 0.353 e. The highest BCUT2D eigenvalue weighted by Gasteiger charge is 2.24. The summed E-state index contributed by atoms with van der Waals surface area (Å²) < 4.78 is 0. The number of rotatable bonds is 5. The second kappa shape index (κ2) is 7.00. The minimum Gasteiger partial charge on any atom is -0.333 e. The van der Waals surface area contributed by atoms with Gasteiger partial charge < -0.3 is 10.6 Å². The van der Waals surface area contributed by atoms with Crippen molar-refractivity contribution >= 4 is 39.6 Å². The third-order valence-electron chi connectivity index (χ3n) is 3.81. The molecule has 0 bridgehead atoms. The van der Waals surface area contributed by atoms with Crippen LogP contribution in [0.3, 0.4) is 0 Å². The molecule has 0 fully saturated rings. The third-order valence-corrected chi connectivity index (χ3v) is 3.81. The Morgan fingerprint density at radius 2 is 1.67 bits per heavy atom. The standard InChI is InChI=1S/C18H13N7O2/c26-25(27)16-17(23-13-6-3-8-19-10-13)21-11-22-18(16)24-14-7-1-4-12-5-2-9-20-15(12)14/h1-11H,(H2,21,22,23,24). The van der Waals surface area contributed by atoms with Crippen LogP contribution in [0.1, 0.15) is 0 Å². The monoisotopic (exact) mass is 359 g/mol. The molecule has 3 aromatic heterocycles. The molecular formula is C18H13N7O2. The van der Waals surface area contributed by atoms with Crippen molar-refractivity contribution in [1.29, 1.82) is 0 Å². The first-order valence-electron chi connectivity index (χ1n) is 7.99. The van der Waals surface area contributed by atoms with E-state index < -0.39 is 4.92 Å². The van der Waals surface area contributed by atoms with Crippen molar-refractivity contribution in [3.8, 4) is 0 Å². The van der Waals surface area contributed by atoms with Crippen LogP contribution >= 0.6 is 0 Å². The Balaban J connectivity index is 1.76. The minimum atomic E-state index is -0.528. The zero-order chi connectivity index (χ0) is 18.6. The molecule has 0 atom stereocenters. The van der Waals surface area contributed by atoms with Crippen LogP contribution in [0.4, 0.5) is 28.7 Å². The maximum absolute atomic E-state index is 11.7. The van der Waals surface area contributed by atoms with Crippen LogP contribution in [0.15, 0.2) is 67.4 Å². The molecule has 132 valence electrons. The number of nitro groups is 1. The van der Waals surface area contributed by atoms with Gasteiger partial charge in [-0.15, -0.1) is 0 Å². The van der Waals surface area contributed by atoms with Gasteiger partial charge >= 0.3 is 5.69 Å². The Bertz CT molecular complexity index is 1110. The minimum absolute atomic E-state index is 0.0682. The summed E-state index contributed by atoms with van der Waals surface area (Å²) in [5, 5.41) is 18.5. The van der Waals surface area contributed by atoms with E-state index in [1.54, 1.807) is 36.8 Å². The number of fused-ring (bicyclic) bond motifs is 1. The van der Waals surface area contributed by atoms with Crippen LogP contribution < -0.4 is 10.6 Å². The van der Waals surface area contributed by atoms with Crippen LogP contribution in [-0.4, -0.2) is 24.9 Å². The topological polar surface area (TPSA) is 119 Å². The molecule has 27 heavy (non-hydrogen) atoms. The van der Waals surface area contributed by atoms with E-state index in [1.807, 2.05) is 24.3 Å². The van der Waals surface area contributed by atoms with Gasteiger partial charge in [-0.3, -0.25) is 20.1 Å². The lowest BCUT2D eigenvalue weighted by Gasteiger charge is -2.11. The molecule has 0 radical (unpaired) electrons. The fraction of sp³-hybridized carbons (Fsp3) is 0. The number of anilines is 4. The third kappa shape index (κ3) is 3.33. The molecule has 0 saturated carbocycles. The van der Waals surface area contributed by atoms with Crippen LogP contribution in [0, 0.1) is 10.1 Å². The molecular weight excluding hydrogens is 346 g/mol. The molecule has 0 aliphatic heterocycles. The van der Waals surface area contributed by atoms with E-state index in [9.17, 15) is 10.1 Å². The van der Waals surface area contributed by atoms with Crippen molar-refractivity contribution in [3.63, 3.8) is 0 Å². The van der Waals surface area contributed by atoms with Crippen molar-refractivity contribution in [1.82, 2.24) is 19.9 Å².